The smallest absolute Gasteiger partial charge is 0.277 e. The second-order valence-corrected chi connectivity index (χ2v) is 9.06. The number of nitrogens with zero attached hydrogens (tertiary/aromatic N) is 5. The summed E-state index contributed by atoms with van der Waals surface area (Å²) in [7, 11) is 0. The van der Waals surface area contributed by atoms with Crippen molar-refractivity contribution in [2.45, 2.75) is 19.3 Å². The summed E-state index contributed by atoms with van der Waals surface area (Å²) in [5.74, 6) is 0.692. The van der Waals surface area contributed by atoms with Crippen LogP contribution in [0.4, 0.5) is 5.82 Å². The molecule has 5 rings (SSSR count). The van der Waals surface area contributed by atoms with Crippen LogP contribution >= 0.6 is 11.3 Å². The molecule has 0 saturated carbocycles. The lowest BCUT2D eigenvalue weighted by Crippen LogP contribution is -2.50. The highest BCUT2D eigenvalue weighted by Gasteiger charge is 2.28. The van der Waals surface area contributed by atoms with Gasteiger partial charge in [-0.3, -0.25) is 9.59 Å². The molecule has 4 aromatic rings. The Morgan fingerprint density at radius 1 is 1.00 bits per heavy atom. The molecule has 8 heteroatoms. The SMILES string of the molecule is CC[C@@H](C(=O)N1CCN(c2cc(=O)n3nc(-c4ccccc4)sc3n2)CC1)c1ccccc1. The molecule has 3 heterocycles. The van der Waals surface area contributed by atoms with Gasteiger partial charge in [-0.15, -0.1) is 0 Å². The molecule has 2 aromatic heterocycles. The summed E-state index contributed by atoms with van der Waals surface area (Å²) in [5.41, 5.74) is 1.83. The van der Waals surface area contributed by atoms with E-state index in [0.717, 1.165) is 22.6 Å². The largest absolute Gasteiger partial charge is 0.353 e. The van der Waals surface area contributed by atoms with Gasteiger partial charge in [-0.25, -0.2) is 4.98 Å². The van der Waals surface area contributed by atoms with E-state index in [1.165, 1.54) is 21.9 Å². The number of carbonyl (C=O) groups is 1. The molecule has 2 aromatic carbocycles. The van der Waals surface area contributed by atoms with Crippen molar-refractivity contribution in [3.8, 4) is 10.6 Å². The molecular formula is C25H25N5O2S. The fraction of sp³-hybridized carbons (Fsp3) is 0.280. The predicted molar refractivity (Wildman–Crippen MR) is 131 cm³/mol. The van der Waals surface area contributed by atoms with Gasteiger partial charge in [-0.05, 0) is 12.0 Å². The molecule has 0 N–H and O–H groups in total. The number of anilines is 1. The maximum atomic E-state index is 13.2. The van der Waals surface area contributed by atoms with Crippen LogP contribution in [-0.4, -0.2) is 51.6 Å². The molecular weight excluding hydrogens is 434 g/mol. The zero-order chi connectivity index (χ0) is 22.8. The van der Waals surface area contributed by atoms with Gasteiger partial charge in [0.1, 0.15) is 10.8 Å². The molecule has 33 heavy (non-hydrogen) atoms. The molecule has 7 nitrogen and oxygen atoms in total. The van der Waals surface area contributed by atoms with Gasteiger partial charge in [-0.2, -0.15) is 9.61 Å². The molecule has 0 aliphatic carbocycles. The Morgan fingerprint density at radius 2 is 1.67 bits per heavy atom. The number of hydrogen-bond acceptors (Lipinski definition) is 6. The summed E-state index contributed by atoms with van der Waals surface area (Å²) < 4.78 is 1.36. The molecule has 1 fully saturated rings. The highest BCUT2D eigenvalue weighted by molar-refractivity contribution is 7.19. The second-order valence-electron chi connectivity index (χ2n) is 8.10. The van der Waals surface area contributed by atoms with Gasteiger partial charge >= 0.3 is 0 Å². The van der Waals surface area contributed by atoms with Crippen LogP contribution in [-0.2, 0) is 4.79 Å². The van der Waals surface area contributed by atoms with Crippen LogP contribution in [0, 0.1) is 0 Å². The Morgan fingerprint density at radius 3 is 2.33 bits per heavy atom. The van der Waals surface area contributed by atoms with Crippen LogP contribution in [0.2, 0.25) is 0 Å². The first-order chi connectivity index (χ1) is 16.1. The highest BCUT2D eigenvalue weighted by atomic mass is 32.1. The van der Waals surface area contributed by atoms with E-state index in [0.29, 0.717) is 37.0 Å². The van der Waals surface area contributed by atoms with Crippen LogP contribution in [0.5, 0.6) is 0 Å². The number of rotatable bonds is 5. The summed E-state index contributed by atoms with van der Waals surface area (Å²) in [6.45, 7) is 4.56. The summed E-state index contributed by atoms with van der Waals surface area (Å²) in [6.07, 6.45) is 0.771. The third-order valence-electron chi connectivity index (χ3n) is 6.08. The number of aromatic nitrogens is 3. The Balaban J connectivity index is 1.32. The normalized spacial score (nSPS) is 15.1. The van der Waals surface area contributed by atoms with Crippen molar-refractivity contribution in [1.82, 2.24) is 19.5 Å². The molecule has 0 radical (unpaired) electrons. The standard InChI is InChI=1S/C25H25N5O2S/c1-2-20(18-9-5-3-6-10-18)24(32)29-15-13-28(14-16-29)21-17-22(31)30-25(26-21)33-23(27-30)19-11-7-4-8-12-19/h3-12,17,20H,2,13-16H2,1H3/t20-/m1/s1. The first kappa shape index (κ1) is 21.3. The van der Waals surface area contributed by atoms with Crippen LogP contribution in [0.15, 0.2) is 71.5 Å². The summed E-state index contributed by atoms with van der Waals surface area (Å²) in [5, 5.41) is 5.21. The van der Waals surface area contributed by atoms with Crippen LogP contribution in [0.25, 0.3) is 15.5 Å². The van der Waals surface area contributed by atoms with Crippen molar-refractivity contribution in [2.24, 2.45) is 0 Å². The van der Waals surface area contributed by atoms with Gasteiger partial charge < -0.3 is 9.80 Å². The fourth-order valence-electron chi connectivity index (χ4n) is 4.27. The Labute approximate surface area is 195 Å². The van der Waals surface area contributed by atoms with E-state index in [1.807, 2.05) is 65.6 Å². The quantitative estimate of drug-likeness (QED) is 0.456. The zero-order valence-corrected chi connectivity index (χ0v) is 19.2. The summed E-state index contributed by atoms with van der Waals surface area (Å²) in [4.78, 5) is 35.2. The van der Waals surface area contributed by atoms with E-state index in [9.17, 15) is 9.59 Å². The average Bonchev–Trinajstić information content (AvgIpc) is 3.31. The minimum absolute atomic E-state index is 0.120. The van der Waals surface area contributed by atoms with E-state index in [2.05, 4.69) is 16.9 Å². The lowest BCUT2D eigenvalue weighted by Gasteiger charge is -2.37. The number of fused-ring (bicyclic) bond motifs is 1. The molecule has 0 bridgehead atoms. The topological polar surface area (TPSA) is 70.8 Å². The first-order valence-electron chi connectivity index (χ1n) is 11.2. The lowest BCUT2D eigenvalue weighted by molar-refractivity contribution is -0.133. The third-order valence-corrected chi connectivity index (χ3v) is 7.03. The first-order valence-corrected chi connectivity index (χ1v) is 12.0. The molecule has 1 saturated heterocycles. The van der Waals surface area contributed by atoms with E-state index in [1.54, 1.807) is 0 Å². The van der Waals surface area contributed by atoms with Crippen LogP contribution in [0.1, 0.15) is 24.8 Å². The van der Waals surface area contributed by atoms with Crippen molar-refractivity contribution in [1.29, 1.82) is 0 Å². The van der Waals surface area contributed by atoms with Crippen molar-refractivity contribution in [2.75, 3.05) is 31.1 Å². The van der Waals surface area contributed by atoms with E-state index >= 15 is 0 Å². The molecule has 168 valence electrons. The molecule has 1 aliphatic heterocycles. The second kappa shape index (κ2) is 9.15. The minimum atomic E-state index is -0.193. The predicted octanol–water partition coefficient (Wildman–Crippen LogP) is 3.66. The summed E-state index contributed by atoms with van der Waals surface area (Å²) in [6, 6.07) is 21.3. The van der Waals surface area contributed by atoms with Crippen molar-refractivity contribution >= 4 is 28.0 Å². The Kier molecular flexibility index (Phi) is 5.92. The van der Waals surface area contributed by atoms with Crippen molar-refractivity contribution in [3.05, 3.63) is 82.6 Å². The molecule has 1 aliphatic rings. The number of hydrogen-bond donors (Lipinski definition) is 0. The fourth-order valence-corrected chi connectivity index (χ4v) is 5.18. The molecule has 0 spiro atoms. The van der Waals surface area contributed by atoms with Gasteiger partial charge in [0.2, 0.25) is 10.9 Å². The van der Waals surface area contributed by atoms with Crippen LogP contribution in [0.3, 0.4) is 0 Å². The maximum absolute atomic E-state index is 13.2. The Bertz CT molecular complexity index is 1310. The minimum Gasteiger partial charge on any atom is -0.353 e. The van der Waals surface area contributed by atoms with E-state index < -0.39 is 0 Å². The number of carbonyl (C=O) groups excluding carboxylic acids is 1. The van der Waals surface area contributed by atoms with E-state index in [-0.39, 0.29) is 17.4 Å². The zero-order valence-electron chi connectivity index (χ0n) is 18.4. The molecule has 0 unspecified atom stereocenters. The monoisotopic (exact) mass is 459 g/mol. The maximum Gasteiger partial charge on any atom is 0.277 e. The number of amides is 1. The third kappa shape index (κ3) is 4.26. The van der Waals surface area contributed by atoms with E-state index in [4.69, 9.17) is 4.98 Å². The molecule has 1 atom stereocenters. The van der Waals surface area contributed by atoms with Gasteiger partial charge in [0, 0.05) is 37.8 Å². The summed E-state index contributed by atoms with van der Waals surface area (Å²) >= 11 is 1.40. The van der Waals surface area contributed by atoms with Crippen molar-refractivity contribution < 1.29 is 4.79 Å². The van der Waals surface area contributed by atoms with Gasteiger partial charge in [-0.1, -0.05) is 78.9 Å². The van der Waals surface area contributed by atoms with Gasteiger partial charge in [0.25, 0.3) is 5.56 Å². The average molecular weight is 460 g/mol. The lowest BCUT2D eigenvalue weighted by atomic mass is 9.95. The van der Waals surface area contributed by atoms with Gasteiger partial charge in [0.05, 0.1) is 5.92 Å². The highest BCUT2D eigenvalue weighted by Crippen LogP contribution is 2.26. The van der Waals surface area contributed by atoms with Crippen LogP contribution < -0.4 is 10.5 Å². The molecule has 1 amide bonds. The van der Waals surface area contributed by atoms with Gasteiger partial charge in [0.15, 0.2) is 0 Å². The number of piperazine rings is 1. The van der Waals surface area contributed by atoms with Crippen molar-refractivity contribution in [3.63, 3.8) is 0 Å². The number of benzene rings is 2. The Hall–Kier alpha value is -3.52.